The van der Waals surface area contributed by atoms with E-state index in [1.54, 1.807) is 12.1 Å². The lowest BCUT2D eigenvalue weighted by molar-refractivity contribution is -0.393. The quantitative estimate of drug-likeness (QED) is 0.128. The van der Waals surface area contributed by atoms with Crippen molar-refractivity contribution in [1.82, 2.24) is 0 Å². The zero-order valence-corrected chi connectivity index (χ0v) is 21.1. The van der Waals surface area contributed by atoms with E-state index in [9.17, 15) is 20.2 Å². The summed E-state index contributed by atoms with van der Waals surface area (Å²) in [5.41, 5.74) is 3.54. The predicted octanol–water partition coefficient (Wildman–Crippen LogP) is 6.39. The molecular weight excluding hydrogens is 666 g/mol. The van der Waals surface area contributed by atoms with Gasteiger partial charge in [-0.1, -0.05) is 23.7 Å². The van der Waals surface area contributed by atoms with E-state index in [0.717, 1.165) is 30.1 Å². The summed E-state index contributed by atoms with van der Waals surface area (Å²) in [6.07, 6.45) is 1.50. The lowest BCUT2D eigenvalue weighted by Crippen LogP contribution is -2.01. The van der Waals surface area contributed by atoms with Gasteiger partial charge in [0.15, 0.2) is 0 Å². The van der Waals surface area contributed by atoms with Crippen molar-refractivity contribution in [3.05, 3.63) is 98.1 Å². The van der Waals surface area contributed by atoms with Crippen molar-refractivity contribution in [3.8, 4) is 5.75 Å². The first kappa shape index (κ1) is 24.1. The fourth-order valence-corrected chi connectivity index (χ4v) is 4.84. The number of halogens is 3. The van der Waals surface area contributed by atoms with Gasteiger partial charge < -0.3 is 4.74 Å². The van der Waals surface area contributed by atoms with Gasteiger partial charge in [0.2, 0.25) is 0 Å². The van der Waals surface area contributed by atoms with Crippen LogP contribution in [-0.2, 0) is 6.61 Å². The maximum Gasteiger partial charge on any atom is 0.301 e. The van der Waals surface area contributed by atoms with Gasteiger partial charge in [-0.15, -0.1) is 0 Å². The SMILES string of the molecule is O=[N+]([O-])c1ccc(N/N=C\c2cc(I)c(OCc3ccc(Cl)cc3)c(I)c2)c([N+](=O)[O-])c1. The summed E-state index contributed by atoms with van der Waals surface area (Å²) >= 11 is 10.2. The second-order valence-corrected chi connectivity index (χ2v) is 9.08. The number of hydrogen-bond acceptors (Lipinski definition) is 7. The van der Waals surface area contributed by atoms with Crippen LogP contribution in [0.15, 0.2) is 59.7 Å². The highest BCUT2D eigenvalue weighted by Gasteiger charge is 2.19. The highest BCUT2D eigenvalue weighted by molar-refractivity contribution is 14.1. The molecule has 0 fully saturated rings. The van der Waals surface area contributed by atoms with Gasteiger partial charge in [0, 0.05) is 11.1 Å². The molecule has 12 heteroatoms. The van der Waals surface area contributed by atoms with E-state index in [1.807, 2.05) is 24.3 Å². The van der Waals surface area contributed by atoms with E-state index < -0.39 is 15.5 Å². The summed E-state index contributed by atoms with van der Waals surface area (Å²) in [6.45, 7) is 0.391. The number of nitrogens with zero attached hydrogens (tertiary/aromatic N) is 3. The number of rotatable bonds is 8. The van der Waals surface area contributed by atoms with Crippen LogP contribution in [0.4, 0.5) is 17.1 Å². The molecule has 0 aliphatic carbocycles. The lowest BCUT2D eigenvalue weighted by Gasteiger charge is -2.11. The maximum atomic E-state index is 11.2. The summed E-state index contributed by atoms with van der Waals surface area (Å²) in [7, 11) is 0. The first-order valence-corrected chi connectivity index (χ1v) is 11.4. The third-order valence-corrected chi connectivity index (χ3v) is 5.96. The lowest BCUT2D eigenvalue weighted by atomic mass is 10.2. The van der Waals surface area contributed by atoms with Crippen LogP contribution in [0.2, 0.25) is 5.02 Å². The topological polar surface area (TPSA) is 120 Å². The molecule has 3 aromatic carbocycles. The van der Waals surface area contributed by atoms with E-state index in [0.29, 0.717) is 11.6 Å². The highest BCUT2D eigenvalue weighted by atomic mass is 127. The summed E-state index contributed by atoms with van der Waals surface area (Å²) in [5.74, 6) is 0.734. The van der Waals surface area contributed by atoms with Gasteiger partial charge in [-0.3, -0.25) is 25.7 Å². The molecule has 3 rings (SSSR count). The number of benzene rings is 3. The third-order valence-electron chi connectivity index (χ3n) is 4.10. The monoisotopic (exact) mass is 678 g/mol. The van der Waals surface area contributed by atoms with Crippen molar-refractivity contribution >= 4 is 80.1 Å². The Bertz CT molecular complexity index is 1180. The molecule has 0 unspecified atom stereocenters. The number of hydrazone groups is 1. The van der Waals surface area contributed by atoms with Crippen LogP contribution in [0, 0.1) is 27.4 Å². The van der Waals surface area contributed by atoms with Gasteiger partial charge in [0.1, 0.15) is 18.0 Å². The molecule has 0 heterocycles. The smallest absolute Gasteiger partial charge is 0.301 e. The Morgan fingerprint density at radius 2 is 1.66 bits per heavy atom. The average Bonchev–Trinajstić information content (AvgIpc) is 2.74. The Balaban J connectivity index is 1.72. The molecule has 0 saturated heterocycles. The molecule has 164 valence electrons. The summed E-state index contributed by atoms with van der Waals surface area (Å²) < 4.78 is 7.68. The summed E-state index contributed by atoms with van der Waals surface area (Å²) in [5, 5.41) is 26.7. The van der Waals surface area contributed by atoms with Crippen LogP contribution in [0.3, 0.4) is 0 Å². The molecule has 9 nitrogen and oxygen atoms in total. The standard InChI is InChI=1S/C20H13ClI2N4O5/c21-14-3-1-12(2-4-14)11-32-20-16(22)7-13(8-17(20)23)10-24-25-18-6-5-15(26(28)29)9-19(18)27(30)31/h1-10,25H,11H2/b24-10-. The van der Waals surface area contributed by atoms with Gasteiger partial charge in [-0.2, -0.15) is 5.10 Å². The highest BCUT2D eigenvalue weighted by Crippen LogP contribution is 2.30. The number of non-ortho nitro benzene ring substituents is 1. The normalized spacial score (nSPS) is 10.8. The number of nitro benzene ring substituents is 2. The van der Waals surface area contributed by atoms with E-state index >= 15 is 0 Å². The van der Waals surface area contributed by atoms with Crippen molar-refractivity contribution < 1.29 is 14.6 Å². The Hall–Kier alpha value is -2.52. The van der Waals surface area contributed by atoms with E-state index in [-0.39, 0.29) is 11.4 Å². The second kappa shape index (κ2) is 10.9. The van der Waals surface area contributed by atoms with Crippen LogP contribution < -0.4 is 10.2 Å². The average molecular weight is 679 g/mol. The predicted molar refractivity (Wildman–Crippen MR) is 139 cm³/mol. The second-order valence-electron chi connectivity index (χ2n) is 6.31. The fraction of sp³-hybridized carbons (Fsp3) is 0.0500. The molecule has 0 aromatic heterocycles. The van der Waals surface area contributed by atoms with E-state index in [2.05, 4.69) is 55.7 Å². The molecule has 0 aliphatic rings. The van der Waals surface area contributed by atoms with E-state index in [4.69, 9.17) is 16.3 Å². The van der Waals surface area contributed by atoms with Crippen LogP contribution in [0.25, 0.3) is 0 Å². The molecule has 0 amide bonds. The molecule has 0 spiro atoms. The minimum Gasteiger partial charge on any atom is -0.487 e. The zero-order chi connectivity index (χ0) is 23.3. The molecular formula is C20H13ClI2N4O5. The molecule has 0 saturated carbocycles. The molecule has 0 atom stereocenters. The van der Waals surface area contributed by atoms with Gasteiger partial charge in [0.05, 0.1) is 29.3 Å². The van der Waals surface area contributed by atoms with Gasteiger partial charge in [0.25, 0.3) is 5.69 Å². The van der Waals surface area contributed by atoms with Gasteiger partial charge in [-0.05, 0) is 86.6 Å². The number of hydrogen-bond donors (Lipinski definition) is 1. The number of anilines is 1. The maximum absolute atomic E-state index is 11.2. The summed E-state index contributed by atoms with van der Waals surface area (Å²) in [6, 6.07) is 14.4. The third kappa shape index (κ3) is 6.26. The Kier molecular flexibility index (Phi) is 8.20. The van der Waals surface area contributed by atoms with Crippen LogP contribution in [0.1, 0.15) is 11.1 Å². The minimum atomic E-state index is -0.705. The molecule has 0 aliphatic heterocycles. The first-order valence-electron chi connectivity index (χ1n) is 8.83. The Labute approximate surface area is 214 Å². The largest absolute Gasteiger partial charge is 0.487 e. The van der Waals surface area contributed by atoms with Crippen molar-refractivity contribution in [2.24, 2.45) is 5.10 Å². The van der Waals surface area contributed by atoms with Crippen LogP contribution >= 0.6 is 56.8 Å². The minimum absolute atomic E-state index is 0.0455. The van der Waals surface area contributed by atoms with Crippen molar-refractivity contribution in [1.29, 1.82) is 0 Å². The molecule has 0 radical (unpaired) electrons. The van der Waals surface area contributed by atoms with Crippen molar-refractivity contribution in [2.75, 3.05) is 5.43 Å². The number of ether oxygens (including phenoxy) is 1. The molecule has 0 bridgehead atoms. The molecule has 3 aromatic rings. The number of nitro groups is 2. The Morgan fingerprint density at radius 1 is 1.00 bits per heavy atom. The Morgan fingerprint density at radius 3 is 2.25 bits per heavy atom. The summed E-state index contributed by atoms with van der Waals surface area (Å²) in [4.78, 5) is 20.6. The van der Waals surface area contributed by atoms with Crippen LogP contribution in [-0.4, -0.2) is 16.1 Å². The fourth-order valence-electron chi connectivity index (χ4n) is 2.58. The number of nitrogens with one attached hydrogen (secondary N) is 1. The first-order chi connectivity index (χ1) is 15.2. The van der Waals surface area contributed by atoms with Crippen molar-refractivity contribution in [3.63, 3.8) is 0 Å². The van der Waals surface area contributed by atoms with Crippen molar-refractivity contribution in [2.45, 2.75) is 6.61 Å². The van der Waals surface area contributed by atoms with Crippen LogP contribution in [0.5, 0.6) is 5.75 Å². The molecule has 32 heavy (non-hydrogen) atoms. The van der Waals surface area contributed by atoms with Gasteiger partial charge >= 0.3 is 5.69 Å². The van der Waals surface area contributed by atoms with E-state index in [1.165, 1.54) is 18.3 Å². The zero-order valence-electron chi connectivity index (χ0n) is 16.0. The molecule has 1 N–H and O–H groups in total. The van der Waals surface area contributed by atoms with Gasteiger partial charge in [-0.25, -0.2) is 0 Å².